The van der Waals surface area contributed by atoms with Gasteiger partial charge in [-0.3, -0.25) is 0 Å². The highest BCUT2D eigenvalue weighted by Gasteiger charge is 2.13. The first-order valence-electron chi connectivity index (χ1n) is 7.04. The third-order valence-corrected chi connectivity index (χ3v) is 5.12. The van der Waals surface area contributed by atoms with E-state index >= 15 is 0 Å². The van der Waals surface area contributed by atoms with Crippen LogP contribution in [-0.4, -0.2) is 4.98 Å². The van der Waals surface area contributed by atoms with E-state index in [0.717, 1.165) is 5.69 Å². The molecule has 0 saturated carbocycles. The van der Waals surface area contributed by atoms with Crippen LogP contribution in [0, 0.1) is 0 Å². The molecule has 2 aromatic heterocycles. The van der Waals surface area contributed by atoms with Crippen molar-refractivity contribution in [2.45, 2.75) is 6.92 Å². The number of nitrogens with one attached hydrogen (secondary N) is 1. The lowest BCUT2D eigenvalue weighted by Gasteiger charge is -1.96. The molecule has 4 rings (SSSR count). The van der Waals surface area contributed by atoms with Gasteiger partial charge in [-0.15, -0.1) is 11.3 Å². The van der Waals surface area contributed by atoms with Crippen molar-refractivity contribution in [3.05, 3.63) is 60.3 Å². The summed E-state index contributed by atoms with van der Waals surface area (Å²) in [5, 5.41) is 3.96. The van der Waals surface area contributed by atoms with E-state index in [4.69, 9.17) is 0 Å². The molecule has 0 fully saturated rings. The minimum Gasteiger partial charge on any atom is -0.354 e. The van der Waals surface area contributed by atoms with E-state index in [1.807, 2.05) is 24.3 Å². The molecule has 0 spiro atoms. The van der Waals surface area contributed by atoms with Crippen molar-refractivity contribution in [3.8, 4) is 0 Å². The van der Waals surface area contributed by atoms with Crippen molar-refractivity contribution in [1.82, 2.24) is 4.98 Å². The smallest absolute Gasteiger partial charge is 0.0479 e. The highest BCUT2D eigenvalue weighted by Crippen LogP contribution is 2.40. The molecule has 2 heteroatoms. The first-order valence-corrected chi connectivity index (χ1v) is 7.86. The summed E-state index contributed by atoms with van der Waals surface area (Å²) in [5.74, 6) is 0. The maximum Gasteiger partial charge on any atom is 0.0479 e. The molecule has 0 amide bonds. The van der Waals surface area contributed by atoms with Crippen LogP contribution in [0.15, 0.2) is 49.1 Å². The van der Waals surface area contributed by atoms with Crippen molar-refractivity contribution in [1.29, 1.82) is 0 Å². The first-order chi connectivity index (χ1) is 10.3. The lowest BCUT2D eigenvalue weighted by molar-refractivity contribution is 1.42. The largest absolute Gasteiger partial charge is 0.354 e. The molecule has 1 nitrogen and oxygen atoms in total. The molecule has 0 saturated heterocycles. The normalized spacial score (nSPS) is 12.0. The molecule has 0 unspecified atom stereocenters. The van der Waals surface area contributed by atoms with Gasteiger partial charge in [-0.1, -0.05) is 43.0 Å². The molecule has 0 aliphatic heterocycles. The number of allylic oxidation sites excluding steroid dienone is 1. The molecule has 21 heavy (non-hydrogen) atoms. The monoisotopic (exact) mass is 289 g/mol. The zero-order chi connectivity index (χ0) is 14.4. The van der Waals surface area contributed by atoms with E-state index in [-0.39, 0.29) is 0 Å². The van der Waals surface area contributed by atoms with Crippen LogP contribution in [-0.2, 0) is 0 Å². The fourth-order valence-electron chi connectivity index (χ4n) is 3.02. The molecule has 0 bridgehead atoms. The van der Waals surface area contributed by atoms with Crippen LogP contribution in [0.4, 0.5) is 0 Å². The van der Waals surface area contributed by atoms with Gasteiger partial charge in [0.05, 0.1) is 0 Å². The maximum absolute atomic E-state index is 4.01. The average Bonchev–Trinajstić information content (AvgIpc) is 3.04. The number of aromatic amines is 1. The van der Waals surface area contributed by atoms with Gasteiger partial charge < -0.3 is 4.98 Å². The van der Waals surface area contributed by atoms with Gasteiger partial charge in [0.15, 0.2) is 0 Å². The minimum absolute atomic E-state index is 1.13. The summed E-state index contributed by atoms with van der Waals surface area (Å²) >= 11 is 1.86. The molecular formula is C19H15NS. The number of aromatic nitrogens is 1. The Morgan fingerprint density at radius 3 is 2.76 bits per heavy atom. The topological polar surface area (TPSA) is 15.8 Å². The molecule has 0 radical (unpaired) electrons. The van der Waals surface area contributed by atoms with Gasteiger partial charge in [0, 0.05) is 42.3 Å². The Hall–Kier alpha value is -2.32. The van der Waals surface area contributed by atoms with Crippen molar-refractivity contribution in [2.24, 2.45) is 0 Å². The molecule has 4 aromatic rings. The lowest BCUT2D eigenvalue weighted by atomic mass is 10.1. The van der Waals surface area contributed by atoms with Crippen LogP contribution in [0.2, 0.25) is 0 Å². The maximum atomic E-state index is 4.01. The van der Waals surface area contributed by atoms with Crippen LogP contribution in [0.3, 0.4) is 0 Å². The summed E-state index contributed by atoms with van der Waals surface area (Å²) in [4.78, 5) is 3.50. The second-order valence-corrected chi connectivity index (χ2v) is 6.17. The van der Waals surface area contributed by atoms with E-state index in [2.05, 4.69) is 60.1 Å². The summed E-state index contributed by atoms with van der Waals surface area (Å²) in [6.07, 6.45) is 6.12. The van der Waals surface area contributed by atoms with E-state index in [1.165, 1.54) is 36.6 Å². The van der Waals surface area contributed by atoms with E-state index in [9.17, 15) is 0 Å². The van der Waals surface area contributed by atoms with Crippen molar-refractivity contribution in [3.63, 3.8) is 0 Å². The minimum atomic E-state index is 1.13. The predicted octanol–water partition coefficient (Wildman–Crippen LogP) is 6.21. The number of hydrogen-bond donors (Lipinski definition) is 1. The number of thiophene rings is 1. The van der Waals surface area contributed by atoms with Crippen LogP contribution in [0.5, 0.6) is 0 Å². The van der Waals surface area contributed by atoms with Crippen LogP contribution in [0.25, 0.3) is 43.2 Å². The Kier molecular flexibility index (Phi) is 2.72. The highest BCUT2D eigenvalue weighted by molar-refractivity contribution is 7.26. The Balaban J connectivity index is 2.24. The van der Waals surface area contributed by atoms with Crippen molar-refractivity contribution < 1.29 is 0 Å². The SMILES string of the molecule is C=Cc1c(/C=C\C)[nH]c2ccc3c4ccccc4sc3c12. The predicted molar refractivity (Wildman–Crippen MR) is 96.0 cm³/mol. The second kappa shape index (κ2) is 4.61. The summed E-state index contributed by atoms with van der Waals surface area (Å²) in [6, 6.07) is 13.0. The first kappa shape index (κ1) is 12.4. The van der Waals surface area contributed by atoms with Crippen LogP contribution < -0.4 is 0 Å². The number of benzene rings is 2. The summed E-state index contributed by atoms with van der Waals surface area (Å²) < 4.78 is 2.68. The molecule has 0 aliphatic rings. The van der Waals surface area contributed by atoms with E-state index in [0.29, 0.717) is 0 Å². The fraction of sp³-hybridized carbons (Fsp3) is 0.0526. The molecule has 2 aromatic carbocycles. The molecule has 0 aliphatic carbocycles. The number of rotatable bonds is 2. The van der Waals surface area contributed by atoms with Crippen molar-refractivity contribution >= 4 is 54.6 Å². The lowest BCUT2D eigenvalue weighted by Crippen LogP contribution is -1.74. The highest BCUT2D eigenvalue weighted by atomic mass is 32.1. The molecular weight excluding hydrogens is 274 g/mol. The third-order valence-electron chi connectivity index (χ3n) is 3.91. The summed E-state index contributed by atoms with van der Waals surface area (Å²) in [5.41, 5.74) is 3.50. The Morgan fingerprint density at radius 2 is 1.95 bits per heavy atom. The van der Waals surface area contributed by atoms with Gasteiger partial charge in [0.1, 0.15) is 0 Å². The van der Waals surface area contributed by atoms with Gasteiger partial charge in [-0.05, 0) is 25.1 Å². The Bertz CT molecular complexity index is 1010. The van der Waals surface area contributed by atoms with Gasteiger partial charge >= 0.3 is 0 Å². The number of fused-ring (bicyclic) bond motifs is 5. The van der Waals surface area contributed by atoms with E-state index < -0.39 is 0 Å². The number of H-pyrrole nitrogens is 1. The summed E-state index contributed by atoms with van der Waals surface area (Å²) in [7, 11) is 0. The molecule has 0 atom stereocenters. The number of hydrogen-bond acceptors (Lipinski definition) is 1. The Morgan fingerprint density at radius 1 is 1.10 bits per heavy atom. The van der Waals surface area contributed by atoms with Gasteiger partial charge in [-0.25, -0.2) is 0 Å². The molecule has 1 N–H and O–H groups in total. The third kappa shape index (κ3) is 1.69. The second-order valence-electron chi connectivity index (χ2n) is 5.12. The van der Waals surface area contributed by atoms with Gasteiger partial charge in [-0.2, -0.15) is 0 Å². The van der Waals surface area contributed by atoms with Crippen LogP contribution >= 0.6 is 11.3 Å². The fourth-order valence-corrected chi connectivity index (χ4v) is 4.28. The summed E-state index contributed by atoms with van der Waals surface area (Å²) in [6.45, 7) is 6.04. The van der Waals surface area contributed by atoms with Crippen LogP contribution in [0.1, 0.15) is 18.2 Å². The van der Waals surface area contributed by atoms with Crippen molar-refractivity contribution in [2.75, 3.05) is 0 Å². The zero-order valence-corrected chi connectivity index (χ0v) is 12.6. The van der Waals surface area contributed by atoms with Gasteiger partial charge in [0.2, 0.25) is 0 Å². The molecule has 2 heterocycles. The standard InChI is InChI=1S/C19H15NS/c1-3-7-15-12(4-2)18-16(20-15)11-10-14-13-8-5-6-9-17(13)21-19(14)18/h3-11,20H,2H2,1H3/b7-3-. The average molecular weight is 289 g/mol. The molecule has 102 valence electrons. The van der Waals surface area contributed by atoms with Gasteiger partial charge in [0.25, 0.3) is 0 Å². The van der Waals surface area contributed by atoms with E-state index in [1.54, 1.807) is 0 Å². The quantitative estimate of drug-likeness (QED) is 0.451. The Labute approximate surface area is 127 Å². The zero-order valence-electron chi connectivity index (χ0n) is 11.8.